The number of hydrogen-bond acceptors (Lipinski definition) is 4. The standard InChI is InChI=1S/C14H16N2O2S/c1-11(9-19-2)18-14(17)12-3-5-13(6-4-12)16-8-7-15-10-16/h3-8,10-11H,9H2,1-2H3/t11-/m1/s1. The summed E-state index contributed by atoms with van der Waals surface area (Å²) in [7, 11) is 0. The topological polar surface area (TPSA) is 44.1 Å². The quantitative estimate of drug-likeness (QED) is 0.788. The number of thioether (sulfide) groups is 1. The molecular weight excluding hydrogens is 260 g/mol. The fourth-order valence-electron chi connectivity index (χ4n) is 1.70. The summed E-state index contributed by atoms with van der Waals surface area (Å²) < 4.78 is 7.21. The number of nitrogens with zero attached hydrogens (tertiary/aromatic N) is 2. The Kier molecular flexibility index (Phi) is 4.63. The van der Waals surface area contributed by atoms with E-state index in [2.05, 4.69) is 4.98 Å². The molecule has 1 atom stereocenters. The second kappa shape index (κ2) is 6.43. The van der Waals surface area contributed by atoms with Crippen LogP contribution in [0.4, 0.5) is 0 Å². The third-order valence-electron chi connectivity index (χ3n) is 2.62. The molecule has 0 radical (unpaired) electrons. The predicted octanol–water partition coefficient (Wildman–Crippen LogP) is 2.78. The minimum absolute atomic E-state index is 0.0733. The van der Waals surface area contributed by atoms with E-state index < -0.39 is 0 Å². The first-order valence-corrected chi connectivity index (χ1v) is 7.38. The van der Waals surface area contributed by atoms with Gasteiger partial charge in [-0.1, -0.05) is 0 Å². The lowest BCUT2D eigenvalue weighted by Gasteiger charge is -2.12. The van der Waals surface area contributed by atoms with Gasteiger partial charge in [-0.2, -0.15) is 11.8 Å². The molecule has 1 aromatic carbocycles. The van der Waals surface area contributed by atoms with Crippen molar-refractivity contribution < 1.29 is 9.53 Å². The number of aromatic nitrogens is 2. The minimum Gasteiger partial charge on any atom is -0.458 e. The summed E-state index contributed by atoms with van der Waals surface area (Å²) in [6.45, 7) is 1.90. The maximum Gasteiger partial charge on any atom is 0.338 e. The largest absolute Gasteiger partial charge is 0.458 e. The summed E-state index contributed by atoms with van der Waals surface area (Å²) in [5.74, 6) is 0.525. The zero-order chi connectivity index (χ0) is 13.7. The zero-order valence-electron chi connectivity index (χ0n) is 10.9. The number of hydrogen-bond donors (Lipinski definition) is 0. The lowest BCUT2D eigenvalue weighted by molar-refractivity contribution is 0.0386. The fraction of sp³-hybridized carbons (Fsp3) is 0.286. The summed E-state index contributed by atoms with van der Waals surface area (Å²) in [5.41, 5.74) is 1.53. The second-order valence-electron chi connectivity index (χ2n) is 4.19. The van der Waals surface area contributed by atoms with Gasteiger partial charge in [0.05, 0.1) is 11.9 Å². The van der Waals surface area contributed by atoms with Crippen LogP contribution >= 0.6 is 11.8 Å². The molecule has 0 saturated heterocycles. The van der Waals surface area contributed by atoms with Gasteiger partial charge in [0.2, 0.25) is 0 Å². The van der Waals surface area contributed by atoms with Crippen LogP contribution in [0.2, 0.25) is 0 Å². The number of esters is 1. The van der Waals surface area contributed by atoms with Gasteiger partial charge in [0.1, 0.15) is 6.10 Å². The van der Waals surface area contributed by atoms with Crippen LogP contribution in [0.5, 0.6) is 0 Å². The molecule has 2 aromatic rings. The highest BCUT2D eigenvalue weighted by molar-refractivity contribution is 7.98. The van der Waals surface area contributed by atoms with Crippen LogP contribution in [-0.4, -0.2) is 33.6 Å². The summed E-state index contributed by atoms with van der Waals surface area (Å²) in [4.78, 5) is 15.9. The number of imidazole rings is 1. The Morgan fingerprint density at radius 1 is 1.42 bits per heavy atom. The predicted molar refractivity (Wildman–Crippen MR) is 76.8 cm³/mol. The third kappa shape index (κ3) is 3.61. The van der Waals surface area contributed by atoms with Crippen molar-refractivity contribution in [3.8, 4) is 5.69 Å². The van der Waals surface area contributed by atoms with E-state index in [-0.39, 0.29) is 12.1 Å². The number of benzene rings is 1. The maximum atomic E-state index is 11.9. The number of rotatable bonds is 5. The highest BCUT2D eigenvalue weighted by atomic mass is 32.2. The highest BCUT2D eigenvalue weighted by Gasteiger charge is 2.11. The Morgan fingerprint density at radius 3 is 2.74 bits per heavy atom. The molecule has 0 fully saturated rings. The van der Waals surface area contributed by atoms with Crippen LogP contribution in [0, 0.1) is 0 Å². The Morgan fingerprint density at radius 2 is 2.16 bits per heavy atom. The van der Waals surface area contributed by atoms with Crippen LogP contribution in [0.15, 0.2) is 43.0 Å². The molecule has 4 nitrogen and oxygen atoms in total. The maximum absolute atomic E-state index is 11.9. The van der Waals surface area contributed by atoms with Gasteiger partial charge in [0.25, 0.3) is 0 Å². The van der Waals surface area contributed by atoms with Crippen molar-refractivity contribution in [2.45, 2.75) is 13.0 Å². The van der Waals surface area contributed by atoms with Crippen LogP contribution in [0.1, 0.15) is 17.3 Å². The molecule has 0 amide bonds. The van der Waals surface area contributed by atoms with Crippen molar-refractivity contribution in [2.24, 2.45) is 0 Å². The van der Waals surface area contributed by atoms with Crippen molar-refractivity contribution >= 4 is 17.7 Å². The molecule has 0 bridgehead atoms. The molecule has 0 N–H and O–H groups in total. The van der Waals surface area contributed by atoms with Gasteiger partial charge in [0.15, 0.2) is 0 Å². The van der Waals surface area contributed by atoms with Gasteiger partial charge in [0, 0.05) is 23.8 Å². The van der Waals surface area contributed by atoms with Gasteiger partial charge < -0.3 is 9.30 Å². The average molecular weight is 276 g/mol. The van der Waals surface area contributed by atoms with E-state index in [0.29, 0.717) is 5.56 Å². The zero-order valence-corrected chi connectivity index (χ0v) is 11.8. The molecule has 1 aromatic heterocycles. The van der Waals surface area contributed by atoms with Crippen molar-refractivity contribution in [2.75, 3.05) is 12.0 Å². The summed E-state index contributed by atoms with van der Waals surface area (Å²) in [6.07, 6.45) is 7.20. The molecule has 0 spiro atoms. The van der Waals surface area contributed by atoms with E-state index in [1.54, 1.807) is 36.4 Å². The Bertz CT molecular complexity index is 523. The lowest BCUT2D eigenvalue weighted by Crippen LogP contribution is -2.17. The number of carbonyl (C=O) groups is 1. The Hall–Kier alpha value is -1.75. The molecule has 0 aliphatic carbocycles. The van der Waals surface area contributed by atoms with E-state index in [4.69, 9.17) is 4.74 Å². The van der Waals surface area contributed by atoms with Crippen LogP contribution in [-0.2, 0) is 4.74 Å². The smallest absolute Gasteiger partial charge is 0.338 e. The second-order valence-corrected chi connectivity index (χ2v) is 5.10. The SMILES string of the molecule is CSC[C@@H](C)OC(=O)c1ccc(-n2ccnc2)cc1. The molecule has 5 heteroatoms. The van der Waals surface area contributed by atoms with Gasteiger partial charge in [-0.25, -0.2) is 9.78 Å². The normalized spacial score (nSPS) is 12.1. The van der Waals surface area contributed by atoms with Crippen molar-refractivity contribution in [1.82, 2.24) is 9.55 Å². The molecule has 1 heterocycles. The monoisotopic (exact) mass is 276 g/mol. The van der Waals surface area contributed by atoms with E-state index in [1.165, 1.54) is 0 Å². The third-order valence-corrected chi connectivity index (χ3v) is 3.42. The number of ether oxygens (including phenoxy) is 1. The summed E-state index contributed by atoms with van der Waals surface area (Å²) >= 11 is 1.66. The molecule has 2 rings (SSSR count). The minimum atomic E-state index is -0.279. The Labute approximate surface area is 116 Å². The molecule has 100 valence electrons. The molecule has 0 saturated carbocycles. The highest BCUT2D eigenvalue weighted by Crippen LogP contribution is 2.11. The molecule has 19 heavy (non-hydrogen) atoms. The Balaban J connectivity index is 2.04. The van der Waals surface area contributed by atoms with E-state index >= 15 is 0 Å². The van der Waals surface area contributed by atoms with E-state index in [0.717, 1.165) is 11.4 Å². The van der Waals surface area contributed by atoms with Gasteiger partial charge in [-0.15, -0.1) is 0 Å². The van der Waals surface area contributed by atoms with E-state index in [9.17, 15) is 4.79 Å². The van der Waals surface area contributed by atoms with Gasteiger partial charge >= 0.3 is 5.97 Å². The lowest BCUT2D eigenvalue weighted by atomic mass is 10.2. The first-order chi connectivity index (χ1) is 9.20. The molecule has 0 unspecified atom stereocenters. The molecular formula is C14H16N2O2S. The average Bonchev–Trinajstić information content (AvgIpc) is 2.93. The fourth-order valence-corrected chi connectivity index (χ4v) is 2.24. The van der Waals surface area contributed by atoms with Crippen LogP contribution in [0.25, 0.3) is 5.69 Å². The van der Waals surface area contributed by atoms with Gasteiger partial charge in [-0.3, -0.25) is 0 Å². The van der Waals surface area contributed by atoms with Crippen molar-refractivity contribution in [3.05, 3.63) is 48.5 Å². The number of carbonyl (C=O) groups excluding carboxylic acids is 1. The molecule has 0 aliphatic heterocycles. The first kappa shape index (κ1) is 13.7. The summed E-state index contributed by atoms with van der Waals surface area (Å²) in [6, 6.07) is 7.28. The van der Waals surface area contributed by atoms with Crippen LogP contribution in [0.3, 0.4) is 0 Å². The first-order valence-electron chi connectivity index (χ1n) is 5.99. The van der Waals surface area contributed by atoms with E-state index in [1.807, 2.05) is 36.1 Å². The molecule has 0 aliphatic rings. The van der Waals surface area contributed by atoms with Crippen LogP contribution < -0.4 is 0 Å². The summed E-state index contributed by atoms with van der Waals surface area (Å²) in [5, 5.41) is 0. The van der Waals surface area contributed by atoms with Gasteiger partial charge in [-0.05, 0) is 37.4 Å². The van der Waals surface area contributed by atoms with Crippen molar-refractivity contribution in [3.63, 3.8) is 0 Å². The van der Waals surface area contributed by atoms with Crippen molar-refractivity contribution in [1.29, 1.82) is 0 Å².